The van der Waals surface area contributed by atoms with Crippen LogP contribution >= 0.6 is 0 Å². The SMILES string of the molecule is C/C=C/CC[C@H]1CC[C@H]([C@H]2CC[C@H](CCc3cc(F)c(OC(F)F)c(F)c3)CC2)CC1. The molecular formula is C26H36F4O. The molecule has 2 saturated carbocycles. The second-order valence-corrected chi connectivity index (χ2v) is 9.51. The van der Waals surface area contributed by atoms with Crippen LogP contribution in [0.2, 0.25) is 0 Å². The predicted octanol–water partition coefficient (Wildman–Crippen LogP) is 8.47. The third kappa shape index (κ3) is 7.25. The molecule has 1 aromatic rings. The van der Waals surface area contributed by atoms with Crippen LogP contribution < -0.4 is 4.74 Å². The maximum atomic E-state index is 13.9. The van der Waals surface area contributed by atoms with Crippen LogP contribution in [0.5, 0.6) is 5.75 Å². The molecule has 1 nitrogen and oxygen atoms in total. The van der Waals surface area contributed by atoms with Crippen LogP contribution in [0.25, 0.3) is 0 Å². The molecule has 2 fully saturated rings. The number of halogens is 4. The summed E-state index contributed by atoms with van der Waals surface area (Å²) in [6, 6.07) is 2.25. The molecule has 5 heteroatoms. The van der Waals surface area contributed by atoms with Crippen molar-refractivity contribution in [1.82, 2.24) is 0 Å². The summed E-state index contributed by atoms with van der Waals surface area (Å²) in [4.78, 5) is 0. The number of hydrogen-bond acceptors (Lipinski definition) is 1. The maximum absolute atomic E-state index is 13.9. The lowest BCUT2D eigenvalue weighted by Gasteiger charge is -2.38. The topological polar surface area (TPSA) is 9.23 Å². The Kier molecular flexibility index (Phi) is 9.28. The molecule has 2 aliphatic carbocycles. The van der Waals surface area contributed by atoms with Gasteiger partial charge in [-0.25, -0.2) is 8.78 Å². The summed E-state index contributed by atoms with van der Waals surface area (Å²) >= 11 is 0. The Hall–Kier alpha value is -1.52. The van der Waals surface area contributed by atoms with Crippen LogP contribution in [-0.4, -0.2) is 6.61 Å². The summed E-state index contributed by atoms with van der Waals surface area (Å²) in [5, 5.41) is 0. The molecule has 31 heavy (non-hydrogen) atoms. The van der Waals surface area contributed by atoms with E-state index in [1.54, 1.807) is 0 Å². The highest BCUT2D eigenvalue weighted by Crippen LogP contribution is 2.43. The van der Waals surface area contributed by atoms with Crippen LogP contribution in [0.1, 0.15) is 83.1 Å². The van der Waals surface area contributed by atoms with Crippen LogP contribution in [0.4, 0.5) is 17.6 Å². The van der Waals surface area contributed by atoms with E-state index in [4.69, 9.17) is 0 Å². The number of ether oxygens (including phenoxy) is 1. The van der Waals surface area contributed by atoms with Crippen molar-refractivity contribution in [3.05, 3.63) is 41.5 Å². The van der Waals surface area contributed by atoms with Crippen LogP contribution in [-0.2, 0) is 6.42 Å². The largest absolute Gasteiger partial charge is 0.429 e. The van der Waals surface area contributed by atoms with Crippen molar-refractivity contribution in [2.75, 3.05) is 0 Å². The van der Waals surface area contributed by atoms with Crippen molar-refractivity contribution in [2.45, 2.75) is 90.6 Å². The van der Waals surface area contributed by atoms with Gasteiger partial charge in [-0.05, 0) is 99.7 Å². The van der Waals surface area contributed by atoms with E-state index in [1.165, 1.54) is 64.2 Å². The van der Waals surface area contributed by atoms with Crippen molar-refractivity contribution >= 4 is 0 Å². The minimum atomic E-state index is -3.24. The first-order valence-electron chi connectivity index (χ1n) is 12.0. The number of benzene rings is 1. The van der Waals surface area contributed by atoms with Gasteiger partial charge >= 0.3 is 6.61 Å². The average Bonchev–Trinajstić information content (AvgIpc) is 2.76. The summed E-state index contributed by atoms with van der Waals surface area (Å²) in [6.07, 6.45) is 18.8. The average molecular weight is 441 g/mol. The lowest BCUT2D eigenvalue weighted by Crippen LogP contribution is -2.26. The second kappa shape index (κ2) is 11.9. The Morgan fingerprint density at radius 2 is 1.39 bits per heavy atom. The van der Waals surface area contributed by atoms with E-state index in [2.05, 4.69) is 23.8 Å². The van der Waals surface area contributed by atoms with Gasteiger partial charge in [0.25, 0.3) is 0 Å². The Morgan fingerprint density at radius 1 is 0.871 bits per heavy atom. The fourth-order valence-corrected chi connectivity index (χ4v) is 5.72. The second-order valence-electron chi connectivity index (χ2n) is 9.51. The molecule has 0 saturated heterocycles. The molecular weight excluding hydrogens is 404 g/mol. The van der Waals surface area contributed by atoms with Gasteiger partial charge in [0.05, 0.1) is 0 Å². The van der Waals surface area contributed by atoms with Gasteiger partial charge in [0, 0.05) is 0 Å². The first kappa shape index (κ1) is 24.1. The third-order valence-electron chi connectivity index (χ3n) is 7.53. The quantitative estimate of drug-likeness (QED) is 0.276. The molecule has 0 bridgehead atoms. The minimum Gasteiger partial charge on any atom is -0.429 e. The van der Waals surface area contributed by atoms with E-state index in [0.717, 1.165) is 36.3 Å². The molecule has 3 rings (SSSR count). The summed E-state index contributed by atoms with van der Waals surface area (Å²) in [6.45, 7) is -1.15. The van der Waals surface area contributed by atoms with E-state index in [0.29, 0.717) is 17.9 Å². The van der Waals surface area contributed by atoms with Crippen molar-refractivity contribution in [2.24, 2.45) is 23.7 Å². The zero-order valence-electron chi connectivity index (χ0n) is 18.6. The molecule has 174 valence electrons. The summed E-state index contributed by atoms with van der Waals surface area (Å²) < 4.78 is 56.3. The first-order valence-corrected chi connectivity index (χ1v) is 12.0. The first-order chi connectivity index (χ1) is 15.0. The zero-order valence-corrected chi connectivity index (χ0v) is 18.6. The van der Waals surface area contributed by atoms with E-state index in [1.807, 2.05) is 0 Å². The Balaban J connectivity index is 1.39. The van der Waals surface area contributed by atoms with E-state index < -0.39 is 24.0 Å². The molecule has 0 atom stereocenters. The summed E-state index contributed by atoms with van der Waals surface area (Å²) in [7, 11) is 0. The molecule has 0 unspecified atom stereocenters. The molecule has 0 spiro atoms. The molecule has 0 amide bonds. The molecule has 0 aliphatic heterocycles. The fourth-order valence-electron chi connectivity index (χ4n) is 5.72. The van der Waals surface area contributed by atoms with Crippen LogP contribution in [0.15, 0.2) is 24.3 Å². The summed E-state index contributed by atoms with van der Waals surface area (Å²) in [5.41, 5.74) is 0.509. The van der Waals surface area contributed by atoms with Gasteiger partial charge in [-0.1, -0.05) is 37.8 Å². The normalized spacial score (nSPS) is 27.2. The number of rotatable bonds is 9. The van der Waals surface area contributed by atoms with Gasteiger partial charge < -0.3 is 4.74 Å². The van der Waals surface area contributed by atoms with Crippen molar-refractivity contribution < 1.29 is 22.3 Å². The number of allylic oxidation sites excluding steroid dienone is 2. The monoisotopic (exact) mass is 440 g/mol. The summed E-state index contributed by atoms with van der Waals surface area (Å²) in [5.74, 6) is 0.105. The van der Waals surface area contributed by atoms with Crippen molar-refractivity contribution in [3.63, 3.8) is 0 Å². The maximum Gasteiger partial charge on any atom is 0.387 e. The molecule has 1 aromatic carbocycles. The highest BCUT2D eigenvalue weighted by atomic mass is 19.3. The van der Waals surface area contributed by atoms with Gasteiger partial charge in [0.1, 0.15) is 0 Å². The Morgan fingerprint density at radius 3 is 1.87 bits per heavy atom. The molecule has 0 heterocycles. The van der Waals surface area contributed by atoms with E-state index in [9.17, 15) is 17.6 Å². The van der Waals surface area contributed by atoms with Crippen LogP contribution in [0, 0.1) is 35.3 Å². The third-order valence-corrected chi connectivity index (χ3v) is 7.53. The van der Waals surface area contributed by atoms with Gasteiger partial charge in [-0.3, -0.25) is 0 Å². The highest BCUT2D eigenvalue weighted by molar-refractivity contribution is 5.31. The number of alkyl halides is 2. The predicted molar refractivity (Wildman–Crippen MR) is 116 cm³/mol. The number of hydrogen-bond donors (Lipinski definition) is 0. The lowest BCUT2D eigenvalue weighted by molar-refractivity contribution is -0.0546. The van der Waals surface area contributed by atoms with Gasteiger partial charge in [-0.2, -0.15) is 8.78 Å². The fraction of sp³-hybridized carbons (Fsp3) is 0.692. The van der Waals surface area contributed by atoms with Gasteiger partial charge in [-0.15, -0.1) is 0 Å². The van der Waals surface area contributed by atoms with E-state index in [-0.39, 0.29) is 0 Å². The van der Waals surface area contributed by atoms with Gasteiger partial charge in [0.15, 0.2) is 17.4 Å². The molecule has 0 aromatic heterocycles. The minimum absolute atomic E-state index is 0.509. The number of aryl methyl sites for hydroxylation is 1. The van der Waals surface area contributed by atoms with Crippen molar-refractivity contribution in [1.29, 1.82) is 0 Å². The zero-order chi connectivity index (χ0) is 22.2. The van der Waals surface area contributed by atoms with Gasteiger partial charge in [0.2, 0.25) is 0 Å². The molecule has 0 radical (unpaired) electrons. The smallest absolute Gasteiger partial charge is 0.387 e. The molecule has 2 aliphatic rings. The Bertz CT molecular complexity index is 678. The van der Waals surface area contributed by atoms with Crippen LogP contribution in [0.3, 0.4) is 0 Å². The lowest BCUT2D eigenvalue weighted by atomic mass is 9.68. The van der Waals surface area contributed by atoms with Crippen molar-refractivity contribution in [3.8, 4) is 5.75 Å². The van der Waals surface area contributed by atoms with E-state index >= 15 is 0 Å². The standard InChI is InChI=1S/C26H36F4O/c1-2-3-4-5-18-8-12-21(13-9-18)22-14-10-19(11-15-22)6-7-20-16-23(27)25(24(28)17-20)31-26(29)30/h2-3,16-19,21-22,26H,4-15H2,1H3/b3-2+/t18-,19-,21-,22-. The molecule has 0 N–H and O–H groups in total. The highest BCUT2D eigenvalue weighted by Gasteiger charge is 2.30. The Labute approximate surface area is 184 Å².